The lowest BCUT2D eigenvalue weighted by Gasteiger charge is -2.34. The molecular formula is C34H33F6N3O5. The molecular weight excluding hydrogens is 644 g/mol. The molecule has 2 aliphatic heterocycles. The predicted octanol–water partition coefficient (Wildman–Crippen LogP) is 7.76. The summed E-state index contributed by atoms with van der Waals surface area (Å²) in [6.07, 6.45) is -10.4. The van der Waals surface area contributed by atoms with Crippen molar-refractivity contribution in [3.05, 3.63) is 76.0 Å². The van der Waals surface area contributed by atoms with E-state index in [2.05, 4.69) is 0 Å². The van der Waals surface area contributed by atoms with Gasteiger partial charge in [0.2, 0.25) is 0 Å². The zero-order chi connectivity index (χ0) is 34.7. The third-order valence-electron chi connectivity index (χ3n) is 9.54. The largest absolute Gasteiger partial charge is 0.507 e. The molecule has 0 radical (unpaired) electrons. The second-order valence-corrected chi connectivity index (χ2v) is 12.6. The van der Waals surface area contributed by atoms with Gasteiger partial charge in [-0.1, -0.05) is 6.07 Å². The summed E-state index contributed by atoms with van der Waals surface area (Å²) in [4.78, 5) is 33.3. The minimum absolute atomic E-state index is 0.0305. The van der Waals surface area contributed by atoms with Crippen LogP contribution in [-0.2, 0) is 33.2 Å². The van der Waals surface area contributed by atoms with Crippen LogP contribution in [-0.4, -0.2) is 53.3 Å². The van der Waals surface area contributed by atoms with Gasteiger partial charge in [-0.25, -0.2) is 9.78 Å². The number of hydrogen-bond acceptors (Lipinski definition) is 7. The van der Waals surface area contributed by atoms with Crippen molar-refractivity contribution >= 4 is 17.9 Å². The van der Waals surface area contributed by atoms with E-state index in [0.29, 0.717) is 47.6 Å². The summed E-state index contributed by atoms with van der Waals surface area (Å²) in [5.41, 5.74) is -0.478. The van der Waals surface area contributed by atoms with Crippen molar-refractivity contribution in [3.8, 4) is 16.9 Å². The molecule has 0 bridgehead atoms. The Hall–Kier alpha value is -4.49. The minimum atomic E-state index is -5.06. The molecule has 3 heterocycles. The Balaban J connectivity index is 1.36. The van der Waals surface area contributed by atoms with Crippen molar-refractivity contribution < 1.29 is 50.5 Å². The highest BCUT2D eigenvalue weighted by atomic mass is 19.4. The van der Waals surface area contributed by atoms with Gasteiger partial charge in [0.05, 0.1) is 42.4 Å². The average molecular weight is 678 g/mol. The first kappa shape index (κ1) is 33.4. The van der Waals surface area contributed by atoms with Crippen molar-refractivity contribution in [3.63, 3.8) is 0 Å². The number of ether oxygens (including phenoxy) is 2. The lowest BCUT2D eigenvalue weighted by atomic mass is 9.71. The SMILES string of the molecule is COC(=O)[C@H]1C[C@@H](c2ccc(O)c(-c3c(C)cc(N4CCC4)nc3CN3C(=O)O[C@H](c4cc(C(F)(F)F)cc(C(F)(F)F)c4)[C@@H]3C)c2)C1. The van der Waals surface area contributed by atoms with Gasteiger partial charge in [-0.2, -0.15) is 26.3 Å². The Morgan fingerprint density at radius 2 is 1.65 bits per heavy atom. The summed E-state index contributed by atoms with van der Waals surface area (Å²) in [5, 5.41) is 11.1. The number of carbonyl (C=O) groups excluding carboxylic acids is 2. The highest BCUT2D eigenvalue weighted by Gasteiger charge is 2.44. The maximum absolute atomic E-state index is 13.6. The number of carbonyl (C=O) groups is 2. The van der Waals surface area contributed by atoms with Crippen molar-refractivity contribution in [2.24, 2.45) is 5.92 Å². The number of anilines is 1. The van der Waals surface area contributed by atoms with Gasteiger partial charge in [-0.05, 0) is 92.1 Å². The van der Waals surface area contributed by atoms with E-state index in [-0.39, 0.29) is 36.2 Å². The zero-order valence-corrected chi connectivity index (χ0v) is 26.3. The molecule has 0 unspecified atom stereocenters. The fourth-order valence-corrected chi connectivity index (χ4v) is 6.63. The van der Waals surface area contributed by atoms with Crippen LogP contribution in [0.3, 0.4) is 0 Å². The average Bonchev–Trinajstić information content (AvgIpc) is 3.23. The first-order valence-corrected chi connectivity index (χ1v) is 15.5. The number of halogens is 6. The molecule has 3 aromatic rings. The Bertz CT molecular complexity index is 1720. The van der Waals surface area contributed by atoms with Gasteiger partial charge in [0.25, 0.3) is 0 Å². The van der Waals surface area contributed by atoms with Crippen molar-refractivity contribution in [2.45, 2.75) is 70.1 Å². The van der Waals surface area contributed by atoms with Gasteiger partial charge in [-0.3, -0.25) is 9.69 Å². The summed E-state index contributed by atoms with van der Waals surface area (Å²) < 4.78 is 91.9. The molecule has 3 fully saturated rings. The van der Waals surface area contributed by atoms with E-state index in [9.17, 15) is 41.0 Å². The highest BCUT2D eigenvalue weighted by Crippen LogP contribution is 2.46. The van der Waals surface area contributed by atoms with Crippen LogP contribution in [0.4, 0.5) is 37.0 Å². The summed E-state index contributed by atoms with van der Waals surface area (Å²) in [6.45, 7) is 4.65. The smallest absolute Gasteiger partial charge is 0.416 e. The van der Waals surface area contributed by atoms with Crippen LogP contribution in [0.25, 0.3) is 11.1 Å². The Labute approximate surface area is 272 Å². The van der Waals surface area contributed by atoms with Crippen molar-refractivity contribution in [1.82, 2.24) is 9.88 Å². The number of hydrogen-bond donors (Lipinski definition) is 1. The molecule has 2 aromatic carbocycles. The fraction of sp³-hybridized carbons (Fsp3) is 0.441. The summed E-state index contributed by atoms with van der Waals surface area (Å²) >= 11 is 0. The van der Waals surface area contributed by atoms with Crippen LogP contribution in [0.5, 0.6) is 5.75 Å². The number of methoxy groups -OCH3 is 1. The van der Waals surface area contributed by atoms with Crippen molar-refractivity contribution in [1.29, 1.82) is 0 Å². The van der Waals surface area contributed by atoms with Gasteiger partial charge in [0.15, 0.2) is 0 Å². The number of aromatic nitrogens is 1. The maximum atomic E-state index is 13.6. The fourth-order valence-electron chi connectivity index (χ4n) is 6.63. The number of phenols is 1. The summed E-state index contributed by atoms with van der Waals surface area (Å²) in [6, 6.07) is 7.22. The molecule has 0 spiro atoms. The van der Waals surface area contributed by atoms with Crippen LogP contribution < -0.4 is 4.90 Å². The number of nitrogens with zero attached hydrogens (tertiary/aromatic N) is 3. The summed E-state index contributed by atoms with van der Waals surface area (Å²) in [7, 11) is 1.34. The van der Waals surface area contributed by atoms with E-state index >= 15 is 0 Å². The van der Waals surface area contributed by atoms with Gasteiger partial charge in [-0.15, -0.1) is 0 Å². The lowest BCUT2D eigenvalue weighted by molar-refractivity contribution is -0.149. The van der Waals surface area contributed by atoms with Crippen molar-refractivity contribution in [2.75, 3.05) is 25.1 Å². The monoisotopic (exact) mass is 677 g/mol. The van der Waals surface area contributed by atoms with E-state index in [1.165, 1.54) is 18.9 Å². The number of esters is 1. The molecule has 2 atom stereocenters. The number of rotatable bonds is 7. The number of aromatic hydroxyl groups is 1. The van der Waals surface area contributed by atoms with Crippen LogP contribution in [0.15, 0.2) is 42.5 Å². The molecule has 8 nitrogen and oxygen atoms in total. The highest BCUT2D eigenvalue weighted by molar-refractivity contribution is 5.79. The molecule has 3 aliphatic rings. The third-order valence-corrected chi connectivity index (χ3v) is 9.54. The predicted molar refractivity (Wildman–Crippen MR) is 161 cm³/mol. The van der Waals surface area contributed by atoms with Gasteiger partial charge >= 0.3 is 24.4 Å². The van der Waals surface area contributed by atoms with E-state index < -0.39 is 47.3 Å². The number of pyridine rings is 1. The summed E-state index contributed by atoms with van der Waals surface area (Å²) in [5.74, 6) is 0.140. The number of cyclic esters (lactones) is 1. The first-order valence-electron chi connectivity index (χ1n) is 15.5. The quantitative estimate of drug-likeness (QED) is 0.202. The van der Waals surface area contributed by atoms with Crippen LogP contribution in [0, 0.1) is 12.8 Å². The van der Waals surface area contributed by atoms with Gasteiger partial charge in [0, 0.05) is 24.2 Å². The van der Waals surface area contributed by atoms with E-state index in [0.717, 1.165) is 30.6 Å². The zero-order valence-electron chi connectivity index (χ0n) is 26.3. The number of alkyl halides is 6. The molecule has 256 valence electrons. The Morgan fingerprint density at radius 1 is 1.00 bits per heavy atom. The Kier molecular flexibility index (Phi) is 8.49. The van der Waals surface area contributed by atoms with Gasteiger partial charge in [0.1, 0.15) is 17.7 Å². The number of aryl methyl sites for hydroxylation is 1. The second kappa shape index (κ2) is 12.2. The molecule has 6 rings (SSSR count). The molecule has 1 aromatic heterocycles. The molecule has 1 N–H and O–H groups in total. The van der Waals surface area contributed by atoms with Crippen LogP contribution in [0.1, 0.15) is 71.7 Å². The molecule has 1 aliphatic carbocycles. The van der Waals surface area contributed by atoms with E-state index in [1.807, 2.05) is 24.0 Å². The third kappa shape index (κ3) is 6.24. The van der Waals surface area contributed by atoms with E-state index in [4.69, 9.17) is 14.5 Å². The number of phenolic OH excluding ortho intramolecular Hbond substituents is 1. The molecule has 1 amide bonds. The number of benzene rings is 2. The minimum Gasteiger partial charge on any atom is -0.507 e. The first-order chi connectivity index (χ1) is 22.5. The topological polar surface area (TPSA) is 92.2 Å². The standard InChI is InChI=1S/C34H33F6N3O5/c1-17-9-28(42-7-4-8-42)41-26(29(17)25-14-19(5-6-27(25)44)20-10-22(11-20)31(45)47-3)16-43-18(2)30(48-32(43)46)21-12-23(33(35,36)37)15-24(13-21)34(38,39)40/h5-6,9,12-15,18,20,22,30,44H,4,7-8,10-11,16H2,1-3H3/t18-,20-,22+,30-/m0/s1. The maximum Gasteiger partial charge on any atom is 0.416 e. The normalized spacial score (nSPS) is 22.6. The molecule has 2 saturated heterocycles. The second-order valence-electron chi connectivity index (χ2n) is 12.6. The molecule has 14 heteroatoms. The van der Waals surface area contributed by atoms with Crippen LogP contribution in [0.2, 0.25) is 0 Å². The number of amides is 1. The lowest BCUT2D eigenvalue weighted by Crippen LogP contribution is -2.38. The molecule has 48 heavy (non-hydrogen) atoms. The Morgan fingerprint density at radius 3 is 2.21 bits per heavy atom. The van der Waals surface area contributed by atoms with E-state index in [1.54, 1.807) is 12.1 Å². The molecule has 1 saturated carbocycles. The van der Waals surface area contributed by atoms with Gasteiger partial charge < -0.3 is 19.5 Å². The van der Waals surface area contributed by atoms with Crippen LogP contribution >= 0.6 is 0 Å².